The third-order valence-corrected chi connectivity index (χ3v) is 7.85. The molecule has 0 bridgehead atoms. The first-order valence-corrected chi connectivity index (χ1v) is 13.6. The van der Waals surface area contributed by atoms with Gasteiger partial charge in [0.15, 0.2) is 11.6 Å². The van der Waals surface area contributed by atoms with E-state index in [0.717, 1.165) is 30.4 Å². The summed E-state index contributed by atoms with van der Waals surface area (Å²) in [7, 11) is 0. The predicted octanol–water partition coefficient (Wildman–Crippen LogP) is 3.98. The number of phenolic OH excluding ortho intramolecular Hbond substituents is 6. The Morgan fingerprint density at radius 1 is 0.644 bits per heavy atom. The van der Waals surface area contributed by atoms with E-state index >= 15 is 0 Å². The zero-order valence-electron chi connectivity index (χ0n) is 23.1. The second kappa shape index (κ2) is 10.8. The fourth-order valence-corrected chi connectivity index (χ4v) is 5.84. The Kier molecular flexibility index (Phi) is 6.96. The van der Waals surface area contributed by atoms with E-state index in [-0.39, 0.29) is 39.9 Å². The third-order valence-electron chi connectivity index (χ3n) is 7.85. The van der Waals surface area contributed by atoms with Crippen molar-refractivity contribution >= 4 is 23.5 Å². The quantitative estimate of drug-likeness (QED) is 0.160. The summed E-state index contributed by atoms with van der Waals surface area (Å²) >= 11 is 0. The van der Waals surface area contributed by atoms with Crippen LogP contribution in [0.4, 0.5) is 0 Å². The highest BCUT2D eigenvalue weighted by molar-refractivity contribution is 6.11. The molecule has 0 aliphatic carbocycles. The average molecular weight is 612 g/mol. The summed E-state index contributed by atoms with van der Waals surface area (Å²) in [5.74, 6) is -8.10. The molecule has 4 unspecified atom stereocenters. The summed E-state index contributed by atoms with van der Waals surface area (Å²) in [6.45, 7) is 0. The number of hydrogen-bond acceptors (Lipinski definition) is 11. The van der Waals surface area contributed by atoms with Crippen LogP contribution >= 0.6 is 0 Å². The van der Waals surface area contributed by atoms with Gasteiger partial charge in [-0.05, 0) is 41.5 Å². The van der Waals surface area contributed by atoms with Gasteiger partial charge in [0.05, 0.1) is 17.4 Å². The molecule has 45 heavy (non-hydrogen) atoms. The molecule has 228 valence electrons. The first-order valence-electron chi connectivity index (χ1n) is 13.6. The van der Waals surface area contributed by atoms with Crippen molar-refractivity contribution in [3.63, 3.8) is 0 Å². The lowest BCUT2D eigenvalue weighted by Crippen LogP contribution is -2.45. The van der Waals surface area contributed by atoms with Crippen molar-refractivity contribution < 1.29 is 54.5 Å². The van der Waals surface area contributed by atoms with Gasteiger partial charge in [-0.2, -0.15) is 0 Å². The van der Waals surface area contributed by atoms with Crippen LogP contribution in [0, 0.1) is 11.8 Å². The lowest BCUT2D eigenvalue weighted by molar-refractivity contribution is -0.113. The van der Waals surface area contributed by atoms with E-state index in [4.69, 9.17) is 15.2 Å². The summed E-state index contributed by atoms with van der Waals surface area (Å²) in [6, 6.07) is 14.5. The average Bonchev–Trinajstić information content (AvgIpc) is 2.97. The highest BCUT2D eigenvalue weighted by Gasteiger charge is 2.53. The van der Waals surface area contributed by atoms with E-state index < -0.39 is 64.3 Å². The number of nitrogens with two attached hydrogens (primary N) is 1. The summed E-state index contributed by atoms with van der Waals surface area (Å²) in [4.78, 5) is 40.3. The first kappa shape index (κ1) is 28.9. The minimum Gasteiger partial charge on any atom is -0.508 e. The summed E-state index contributed by atoms with van der Waals surface area (Å²) in [6.07, 6.45) is -0.592. The van der Waals surface area contributed by atoms with Crippen LogP contribution in [-0.4, -0.2) is 48.1 Å². The predicted molar refractivity (Wildman–Crippen MR) is 156 cm³/mol. The summed E-state index contributed by atoms with van der Waals surface area (Å²) in [5.41, 5.74) is 4.87. The molecule has 0 aromatic heterocycles. The monoisotopic (exact) mass is 611 g/mol. The molecule has 12 nitrogen and oxygen atoms in total. The molecule has 2 aliphatic rings. The number of ketones is 2. The van der Waals surface area contributed by atoms with E-state index in [1.807, 2.05) is 0 Å². The Hall–Kier alpha value is -6.17. The molecule has 0 saturated heterocycles. The second-order valence-electron chi connectivity index (χ2n) is 10.6. The molecule has 2 heterocycles. The van der Waals surface area contributed by atoms with Crippen molar-refractivity contribution in [3.8, 4) is 46.0 Å². The summed E-state index contributed by atoms with van der Waals surface area (Å²) < 4.78 is 12.4. The molecule has 8 N–H and O–H groups in total. The van der Waals surface area contributed by atoms with Gasteiger partial charge >= 0.3 is 0 Å². The molecule has 1 amide bonds. The van der Waals surface area contributed by atoms with Gasteiger partial charge in [0.2, 0.25) is 5.91 Å². The Balaban J connectivity index is 1.60. The van der Waals surface area contributed by atoms with Gasteiger partial charge < -0.3 is 45.8 Å². The number of Topliss-reactive ketones (excluding diaryl/α,β-unsaturated/α-hetero) is 2. The number of fused-ring (bicyclic) bond motifs is 2. The van der Waals surface area contributed by atoms with E-state index in [1.165, 1.54) is 48.5 Å². The van der Waals surface area contributed by atoms with Gasteiger partial charge in [0, 0.05) is 24.3 Å². The normalized spacial score (nSPS) is 20.6. The first-order chi connectivity index (χ1) is 21.4. The molecule has 0 radical (unpaired) electrons. The van der Waals surface area contributed by atoms with Crippen LogP contribution in [0.3, 0.4) is 0 Å². The van der Waals surface area contributed by atoms with E-state index in [9.17, 15) is 45.0 Å². The molecule has 4 atom stereocenters. The van der Waals surface area contributed by atoms with Crippen LogP contribution < -0.4 is 15.2 Å². The highest BCUT2D eigenvalue weighted by atomic mass is 16.5. The lowest BCUT2D eigenvalue weighted by Gasteiger charge is -2.42. The largest absolute Gasteiger partial charge is 0.508 e. The molecule has 4 aromatic carbocycles. The van der Waals surface area contributed by atoms with Crippen LogP contribution in [0.1, 0.15) is 49.6 Å². The fourth-order valence-electron chi connectivity index (χ4n) is 5.84. The molecular formula is C33H25NO11. The summed E-state index contributed by atoms with van der Waals surface area (Å²) in [5, 5.41) is 62.5. The Morgan fingerprint density at radius 3 is 1.64 bits per heavy atom. The molecule has 4 aromatic rings. The second-order valence-corrected chi connectivity index (χ2v) is 10.6. The number of phenols is 6. The van der Waals surface area contributed by atoms with Crippen LogP contribution in [0.15, 0.2) is 72.8 Å². The van der Waals surface area contributed by atoms with Crippen molar-refractivity contribution in [2.75, 3.05) is 0 Å². The number of benzene rings is 4. The zero-order chi connectivity index (χ0) is 32.2. The van der Waals surface area contributed by atoms with Crippen LogP contribution in [0.5, 0.6) is 46.0 Å². The molecule has 2 aliphatic heterocycles. The Labute approximate surface area is 254 Å². The maximum Gasteiger partial charge on any atom is 0.241 e. The standard InChI is InChI=1S/C33H25NO11/c34-24(40)10-9-19-20(38)13-23-26(29(19)41)31(43)28(33(45-23)15-3-7-17(36)8-4-15)27-30(42)25-21(39)11-18(37)12-22(25)44-32(27)14-1-5-16(35)6-2-14/h1-13,27-28,32-33,35-39,41H,(H2,34,40). The van der Waals surface area contributed by atoms with Crippen molar-refractivity contribution in [2.45, 2.75) is 12.2 Å². The van der Waals surface area contributed by atoms with Crippen LogP contribution in [0.2, 0.25) is 0 Å². The Bertz CT molecular complexity index is 1900. The van der Waals surface area contributed by atoms with Gasteiger partial charge in [-0.15, -0.1) is 0 Å². The molecular weight excluding hydrogens is 586 g/mol. The number of rotatable bonds is 5. The van der Waals surface area contributed by atoms with Crippen LogP contribution in [-0.2, 0) is 4.79 Å². The number of carbonyl (C=O) groups excluding carboxylic acids is 3. The fraction of sp³-hybridized carbons (Fsp3) is 0.121. The number of carbonyl (C=O) groups is 3. The van der Waals surface area contributed by atoms with Crippen LogP contribution in [0.25, 0.3) is 6.08 Å². The number of amides is 1. The maximum atomic E-state index is 14.6. The van der Waals surface area contributed by atoms with Crippen molar-refractivity contribution in [1.82, 2.24) is 0 Å². The van der Waals surface area contributed by atoms with Gasteiger partial charge in [-0.1, -0.05) is 24.3 Å². The van der Waals surface area contributed by atoms with E-state index in [2.05, 4.69) is 0 Å². The molecule has 0 spiro atoms. The number of primary amides is 1. The van der Waals surface area contributed by atoms with Crippen molar-refractivity contribution in [2.24, 2.45) is 17.6 Å². The minimum atomic E-state index is -1.46. The van der Waals surface area contributed by atoms with Gasteiger partial charge in [0.1, 0.15) is 69.3 Å². The van der Waals surface area contributed by atoms with Crippen molar-refractivity contribution in [3.05, 3.63) is 101 Å². The number of aromatic hydroxyl groups is 6. The third kappa shape index (κ3) is 4.97. The van der Waals surface area contributed by atoms with Gasteiger partial charge in [-0.3, -0.25) is 14.4 Å². The maximum absolute atomic E-state index is 14.6. The smallest absolute Gasteiger partial charge is 0.241 e. The number of ether oxygens (including phenoxy) is 2. The topological polar surface area (TPSA) is 217 Å². The lowest BCUT2D eigenvalue weighted by atomic mass is 9.69. The molecule has 0 saturated carbocycles. The van der Waals surface area contributed by atoms with Crippen molar-refractivity contribution in [1.29, 1.82) is 0 Å². The Morgan fingerprint density at radius 2 is 1.13 bits per heavy atom. The van der Waals surface area contributed by atoms with E-state index in [0.29, 0.717) is 11.1 Å². The zero-order valence-corrected chi connectivity index (χ0v) is 23.1. The van der Waals surface area contributed by atoms with Gasteiger partial charge in [-0.25, -0.2) is 0 Å². The molecule has 12 heteroatoms. The number of hydrogen-bond donors (Lipinski definition) is 7. The SMILES string of the molecule is NC(=O)C=Cc1c(O)cc2c(c1O)C(=O)C(C1C(=O)c3c(O)cc(O)cc3OC1c1ccc(O)cc1)C(c1ccc(O)cc1)O2. The highest BCUT2D eigenvalue weighted by Crippen LogP contribution is 2.54. The van der Waals surface area contributed by atoms with E-state index in [1.54, 1.807) is 0 Å². The van der Waals surface area contributed by atoms with Gasteiger partial charge in [0.25, 0.3) is 0 Å². The molecule has 0 fully saturated rings. The molecule has 6 rings (SSSR count). The minimum absolute atomic E-state index is 0.0811.